The highest BCUT2D eigenvalue weighted by Gasteiger charge is 2.31. The van der Waals surface area contributed by atoms with Crippen LogP contribution in [0.3, 0.4) is 0 Å². The fraction of sp³-hybridized carbons (Fsp3) is 0.241. The molecule has 36 heavy (non-hydrogen) atoms. The summed E-state index contributed by atoms with van der Waals surface area (Å²) in [5, 5.41) is 9.82. The van der Waals surface area contributed by atoms with Crippen molar-refractivity contribution in [2.45, 2.75) is 32.6 Å². The molecule has 184 valence electrons. The second kappa shape index (κ2) is 11.3. The zero-order chi connectivity index (χ0) is 25.5. The van der Waals surface area contributed by atoms with E-state index in [4.69, 9.17) is 24.7 Å². The number of rotatable bonds is 9. The number of benzene rings is 3. The van der Waals surface area contributed by atoms with Crippen molar-refractivity contribution in [1.82, 2.24) is 0 Å². The summed E-state index contributed by atoms with van der Waals surface area (Å²) in [6, 6.07) is 22.2. The van der Waals surface area contributed by atoms with E-state index in [1.165, 1.54) is 0 Å². The minimum atomic E-state index is -0.554. The lowest BCUT2D eigenvalue weighted by molar-refractivity contribution is -0.136. The van der Waals surface area contributed by atoms with Crippen molar-refractivity contribution >= 4 is 5.97 Å². The number of hydrogen-bond acceptors (Lipinski definition) is 7. The third kappa shape index (κ3) is 5.78. The number of aryl methyl sites for hydroxylation is 1. The zero-order valence-corrected chi connectivity index (χ0v) is 20.3. The Hall–Kier alpha value is -4.44. The van der Waals surface area contributed by atoms with Crippen molar-refractivity contribution in [2.24, 2.45) is 5.73 Å². The highest BCUT2D eigenvalue weighted by Crippen LogP contribution is 2.44. The van der Waals surface area contributed by atoms with Gasteiger partial charge in [-0.1, -0.05) is 43.7 Å². The summed E-state index contributed by atoms with van der Waals surface area (Å²) < 4.78 is 22.6. The van der Waals surface area contributed by atoms with Crippen LogP contribution in [0.5, 0.6) is 23.0 Å². The molecular formula is C29H28N2O5. The van der Waals surface area contributed by atoms with Crippen LogP contribution in [-0.4, -0.2) is 19.2 Å². The summed E-state index contributed by atoms with van der Waals surface area (Å²) >= 11 is 0. The first-order valence-electron chi connectivity index (χ1n) is 11.8. The smallest absolute Gasteiger partial charge is 0.349 e. The molecule has 0 saturated carbocycles. The fourth-order valence-corrected chi connectivity index (χ4v) is 3.97. The van der Waals surface area contributed by atoms with Crippen molar-refractivity contribution in [3.63, 3.8) is 0 Å². The Bertz CT molecular complexity index is 1330. The minimum absolute atomic E-state index is 0.0126. The molecule has 1 atom stereocenters. The van der Waals surface area contributed by atoms with Gasteiger partial charge in [-0.3, -0.25) is 0 Å². The van der Waals surface area contributed by atoms with Gasteiger partial charge in [-0.2, -0.15) is 5.26 Å². The van der Waals surface area contributed by atoms with Gasteiger partial charge in [-0.15, -0.1) is 0 Å². The SMILES string of the molecule is CCCCOc1cccc(C2C(C#N)=C(N)Oc3cc(OC(=O)COc4cccc(C)c4)ccc32)c1. The molecule has 0 saturated heterocycles. The molecule has 1 unspecified atom stereocenters. The third-order valence-corrected chi connectivity index (χ3v) is 5.73. The second-order valence-electron chi connectivity index (χ2n) is 8.48. The molecule has 4 rings (SSSR count). The molecule has 0 aliphatic carbocycles. The maximum Gasteiger partial charge on any atom is 0.349 e. The van der Waals surface area contributed by atoms with Gasteiger partial charge < -0.3 is 24.7 Å². The summed E-state index contributed by atoms with van der Waals surface area (Å²) in [5.74, 6) is 1.03. The number of nitrogens with zero attached hydrogens (tertiary/aromatic N) is 1. The van der Waals surface area contributed by atoms with Crippen LogP contribution in [0.1, 0.15) is 42.4 Å². The molecule has 7 heteroatoms. The number of carbonyl (C=O) groups is 1. The Morgan fingerprint density at radius 2 is 1.81 bits per heavy atom. The zero-order valence-electron chi connectivity index (χ0n) is 20.3. The van der Waals surface area contributed by atoms with Crippen LogP contribution in [-0.2, 0) is 4.79 Å². The molecule has 0 bridgehead atoms. The monoisotopic (exact) mass is 484 g/mol. The van der Waals surface area contributed by atoms with Crippen molar-refractivity contribution in [3.8, 4) is 29.1 Å². The van der Waals surface area contributed by atoms with Crippen molar-refractivity contribution in [2.75, 3.05) is 13.2 Å². The number of carbonyl (C=O) groups excluding carboxylic acids is 1. The van der Waals surface area contributed by atoms with E-state index in [1.807, 2.05) is 49.4 Å². The van der Waals surface area contributed by atoms with Gasteiger partial charge in [0.05, 0.1) is 12.5 Å². The number of ether oxygens (including phenoxy) is 4. The average molecular weight is 485 g/mol. The minimum Gasteiger partial charge on any atom is -0.494 e. The number of allylic oxidation sites excluding steroid dienone is 1. The van der Waals surface area contributed by atoms with E-state index >= 15 is 0 Å². The fourth-order valence-electron chi connectivity index (χ4n) is 3.97. The standard InChI is InChI=1S/C29H28N2O5/c1-3-4-13-33-22-10-6-8-20(15-22)28-24-12-11-23(16-26(24)36-29(31)25(28)17-30)35-27(32)18-34-21-9-5-7-19(2)14-21/h5-12,14-16,28H,3-4,13,18,31H2,1-2H3. The van der Waals surface area contributed by atoms with Gasteiger partial charge in [0.25, 0.3) is 0 Å². The van der Waals surface area contributed by atoms with Gasteiger partial charge in [0.1, 0.15) is 34.6 Å². The molecule has 0 fully saturated rings. The summed E-state index contributed by atoms with van der Waals surface area (Å²) in [7, 11) is 0. The lowest BCUT2D eigenvalue weighted by atomic mass is 9.83. The molecule has 1 aliphatic rings. The molecule has 0 radical (unpaired) electrons. The van der Waals surface area contributed by atoms with E-state index in [0.717, 1.165) is 35.3 Å². The third-order valence-electron chi connectivity index (χ3n) is 5.73. The Labute approximate surface area is 210 Å². The first kappa shape index (κ1) is 24.7. The molecule has 1 aliphatic heterocycles. The highest BCUT2D eigenvalue weighted by molar-refractivity contribution is 5.74. The normalized spacial score (nSPS) is 14.3. The first-order chi connectivity index (χ1) is 17.5. The summed E-state index contributed by atoms with van der Waals surface area (Å²) in [6.45, 7) is 4.43. The lowest BCUT2D eigenvalue weighted by Crippen LogP contribution is -2.21. The number of nitrogens with two attached hydrogens (primary N) is 1. The number of unbranched alkanes of at least 4 members (excludes halogenated alkanes) is 1. The molecule has 1 heterocycles. The molecule has 2 N–H and O–H groups in total. The molecular weight excluding hydrogens is 456 g/mol. The molecule has 7 nitrogen and oxygen atoms in total. The summed E-state index contributed by atoms with van der Waals surface area (Å²) in [4.78, 5) is 12.4. The van der Waals surface area contributed by atoms with Crippen LogP contribution >= 0.6 is 0 Å². The summed E-state index contributed by atoms with van der Waals surface area (Å²) in [5.41, 5.74) is 9.05. The van der Waals surface area contributed by atoms with Crippen LogP contribution in [0.15, 0.2) is 78.2 Å². The van der Waals surface area contributed by atoms with Gasteiger partial charge in [-0.25, -0.2) is 4.79 Å². The maximum absolute atomic E-state index is 12.4. The topological polar surface area (TPSA) is 104 Å². The number of nitriles is 1. The van der Waals surface area contributed by atoms with Crippen LogP contribution in [0, 0.1) is 18.3 Å². The van der Waals surface area contributed by atoms with E-state index in [1.54, 1.807) is 24.3 Å². The van der Waals surface area contributed by atoms with E-state index in [2.05, 4.69) is 13.0 Å². The van der Waals surface area contributed by atoms with E-state index < -0.39 is 11.9 Å². The predicted octanol–water partition coefficient (Wildman–Crippen LogP) is 5.38. The molecule has 0 amide bonds. The van der Waals surface area contributed by atoms with Gasteiger partial charge in [0.15, 0.2) is 6.61 Å². The Kier molecular flexibility index (Phi) is 7.76. The summed E-state index contributed by atoms with van der Waals surface area (Å²) in [6.07, 6.45) is 1.99. The van der Waals surface area contributed by atoms with Gasteiger partial charge in [0, 0.05) is 11.6 Å². The van der Waals surface area contributed by atoms with Crippen LogP contribution in [0.4, 0.5) is 0 Å². The molecule has 3 aromatic rings. The van der Waals surface area contributed by atoms with Crippen molar-refractivity contribution < 1.29 is 23.7 Å². The van der Waals surface area contributed by atoms with E-state index in [-0.39, 0.29) is 18.2 Å². The molecule has 0 aromatic heterocycles. The van der Waals surface area contributed by atoms with Crippen LogP contribution in [0.25, 0.3) is 0 Å². The molecule has 3 aromatic carbocycles. The molecule has 0 spiro atoms. The number of esters is 1. The Morgan fingerprint density at radius 3 is 2.56 bits per heavy atom. The first-order valence-corrected chi connectivity index (χ1v) is 11.8. The van der Waals surface area contributed by atoms with E-state index in [9.17, 15) is 10.1 Å². The predicted molar refractivity (Wildman–Crippen MR) is 135 cm³/mol. The quantitative estimate of drug-likeness (QED) is 0.247. The highest BCUT2D eigenvalue weighted by atomic mass is 16.6. The largest absolute Gasteiger partial charge is 0.494 e. The maximum atomic E-state index is 12.4. The number of fused-ring (bicyclic) bond motifs is 1. The van der Waals surface area contributed by atoms with Gasteiger partial charge >= 0.3 is 5.97 Å². The Balaban J connectivity index is 1.53. The van der Waals surface area contributed by atoms with Gasteiger partial charge in [0.2, 0.25) is 5.88 Å². The lowest BCUT2D eigenvalue weighted by Gasteiger charge is -2.27. The second-order valence-corrected chi connectivity index (χ2v) is 8.48. The van der Waals surface area contributed by atoms with Crippen molar-refractivity contribution in [3.05, 3.63) is 94.9 Å². The van der Waals surface area contributed by atoms with E-state index in [0.29, 0.717) is 23.7 Å². The Morgan fingerprint density at radius 1 is 1.03 bits per heavy atom. The average Bonchev–Trinajstić information content (AvgIpc) is 2.87. The van der Waals surface area contributed by atoms with Crippen LogP contribution < -0.4 is 24.7 Å². The van der Waals surface area contributed by atoms with Gasteiger partial charge in [-0.05, 0) is 54.8 Å². The van der Waals surface area contributed by atoms with Crippen LogP contribution in [0.2, 0.25) is 0 Å². The number of hydrogen-bond donors (Lipinski definition) is 1. The van der Waals surface area contributed by atoms with Crippen molar-refractivity contribution in [1.29, 1.82) is 5.26 Å².